The molecule has 1 aromatic carbocycles. The zero-order valence-corrected chi connectivity index (χ0v) is 11.4. The van der Waals surface area contributed by atoms with Gasteiger partial charge in [-0.2, -0.15) is 0 Å². The summed E-state index contributed by atoms with van der Waals surface area (Å²) < 4.78 is 18.4. The minimum atomic E-state index is -1.05. The molecule has 7 heteroatoms. The molecule has 3 N–H and O–H groups in total. The fraction of sp³-hybridized carbons (Fsp3) is 0.429. The van der Waals surface area contributed by atoms with Gasteiger partial charge in [0.05, 0.1) is 18.7 Å². The molecule has 1 saturated heterocycles. The van der Waals surface area contributed by atoms with E-state index in [0.29, 0.717) is 13.0 Å². The van der Waals surface area contributed by atoms with Crippen molar-refractivity contribution in [3.05, 3.63) is 35.6 Å². The first kappa shape index (κ1) is 15.4. The Balaban J connectivity index is 1.76. The minimum Gasteiger partial charge on any atom is -0.386 e. The van der Waals surface area contributed by atoms with Crippen LogP contribution in [0.5, 0.6) is 0 Å². The average molecular weight is 296 g/mol. The summed E-state index contributed by atoms with van der Waals surface area (Å²) in [6, 6.07) is 5.52. The Labute approximate surface area is 121 Å². The van der Waals surface area contributed by atoms with E-state index in [1.807, 2.05) is 0 Å². The van der Waals surface area contributed by atoms with Gasteiger partial charge >= 0.3 is 0 Å². The number of benzene rings is 1. The van der Waals surface area contributed by atoms with Gasteiger partial charge in [0, 0.05) is 19.6 Å². The topological polar surface area (TPSA) is 87.7 Å². The van der Waals surface area contributed by atoms with Crippen LogP contribution in [0.4, 0.5) is 4.39 Å². The lowest BCUT2D eigenvalue weighted by molar-refractivity contribution is -0.121. The molecule has 1 fully saturated rings. The molecule has 0 aliphatic carbocycles. The third-order valence-electron chi connectivity index (χ3n) is 3.23. The summed E-state index contributed by atoms with van der Waals surface area (Å²) in [6.45, 7) is 0.400. The van der Waals surface area contributed by atoms with Gasteiger partial charge in [-0.05, 0) is 12.1 Å². The maximum absolute atomic E-state index is 13.4. The Bertz CT molecular complexity index is 529. The van der Waals surface area contributed by atoms with E-state index in [1.165, 1.54) is 24.3 Å². The minimum absolute atomic E-state index is 0.0569. The van der Waals surface area contributed by atoms with Crippen LogP contribution >= 0.6 is 0 Å². The van der Waals surface area contributed by atoms with Crippen molar-refractivity contribution >= 4 is 11.8 Å². The SMILES string of the molecule is O=C(CNC(=O)c1ccccc1F)NCC1(O)CCOC1. The Morgan fingerprint density at radius 2 is 2.10 bits per heavy atom. The summed E-state index contributed by atoms with van der Waals surface area (Å²) in [4.78, 5) is 23.3. The fourth-order valence-corrected chi connectivity index (χ4v) is 1.96. The molecule has 0 spiro atoms. The predicted molar refractivity (Wildman–Crippen MR) is 72.1 cm³/mol. The fourth-order valence-electron chi connectivity index (χ4n) is 1.96. The molecule has 114 valence electrons. The van der Waals surface area contributed by atoms with E-state index in [1.54, 1.807) is 0 Å². The van der Waals surface area contributed by atoms with E-state index in [-0.39, 0.29) is 25.3 Å². The second-order valence-corrected chi connectivity index (χ2v) is 4.97. The van der Waals surface area contributed by atoms with Crippen LogP contribution in [0.1, 0.15) is 16.8 Å². The van der Waals surface area contributed by atoms with Crippen LogP contribution in [0.15, 0.2) is 24.3 Å². The third-order valence-corrected chi connectivity index (χ3v) is 3.23. The van der Waals surface area contributed by atoms with Crippen LogP contribution in [-0.2, 0) is 9.53 Å². The van der Waals surface area contributed by atoms with Crippen LogP contribution in [0.2, 0.25) is 0 Å². The molecular formula is C14H17FN2O4. The molecule has 0 bridgehead atoms. The van der Waals surface area contributed by atoms with Crippen LogP contribution in [-0.4, -0.2) is 48.8 Å². The van der Waals surface area contributed by atoms with Gasteiger partial charge in [-0.1, -0.05) is 12.1 Å². The highest BCUT2D eigenvalue weighted by molar-refractivity contribution is 5.96. The second kappa shape index (κ2) is 6.64. The zero-order chi connectivity index (χ0) is 15.3. The molecular weight excluding hydrogens is 279 g/mol. The average Bonchev–Trinajstić information content (AvgIpc) is 2.90. The van der Waals surface area contributed by atoms with Crippen molar-refractivity contribution in [3.8, 4) is 0 Å². The van der Waals surface area contributed by atoms with Gasteiger partial charge in [-0.15, -0.1) is 0 Å². The number of halogens is 1. The van der Waals surface area contributed by atoms with Gasteiger partial charge in [0.2, 0.25) is 5.91 Å². The summed E-state index contributed by atoms with van der Waals surface area (Å²) in [5, 5.41) is 14.8. The number of amides is 2. The smallest absolute Gasteiger partial charge is 0.254 e. The Morgan fingerprint density at radius 3 is 2.76 bits per heavy atom. The van der Waals surface area contributed by atoms with Gasteiger partial charge < -0.3 is 20.5 Å². The quantitative estimate of drug-likeness (QED) is 0.703. The lowest BCUT2D eigenvalue weighted by Gasteiger charge is -2.20. The highest BCUT2D eigenvalue weighted by atomic mass is 19.1. The normalized spacial score (nSPS) is 21.0. The number of hydrogen-bond acceptors (Lipinski definition) is 4. The van der Waals surface area contributed by atoms with Gasteiger partial charge in [0.15, 0.2) is 0 Å². The molecule has 1 atom stereocenters. The lowest BCUT2D eigenvalue weighted by atomic mass is 10.0. The second-order valence-electron chi connectivity index (χ2n) is 4.97. The predicted octanol–water partition coefficient (Wildman–Crippen LogP) is -0.177. The standard InChI is InChI=1S/C14H17FN2O4/c15-11-4-2-1-3-10(11)13(19)16-7-12(18)17-8-14(20)5-6-21-9-14/h1-4,20H,5-9H2,(H,16,19)(H,17,18). The van der Waals surface area contributed by atoms with Crippen LogP contribution < -0.4 is 10.6 Å². The van der Waals surface area contributed by atoms with Crippen molar-refractivity contribution < 1.29 is 23.8 Å². The van der Waals surface area contributed by atoms with Crippen LogP contribution in [0.25, 0.3) is 0 Å². The molecule has 1 unspecified atom stereocenters. The lowest BCUT2D eigenvalue weighted by Crippen LogP contribution is -2.46. The monoisotopic (exact) mass is 296 g/mol. The molecule has 0 aromatic heterocycles. The highest BCUT2D eigenvalue weighted by Crippen LogP contribution is 2.16. The summed E-state index contributed by atoms with van der Waals surface area (Å²) in [5.74, 6) is -1.76. The maximum atomic E-state index is 13.4. The highest BCUT2D eigenvalue weighted by Gasteiger charge is 2.32. The molecule has 2 amide bonds. The molecule has 6 nitrogen and oxygen atoms in total. The van der Waals surface area contributed by atoms with Crippen molar-refractivity contribution in [1.82, 2.24) is 10.6 Å². The molecule has 0 saturated carbocycles. The molecule has 21 heavy (non-hydrogen) atoms. The maximum Gasteiger partial charge on any atom is 0.254 e. The summed E-state index contributed by atoms with van der Waals surface area (Å²) in [7, 11) is 0. The third kappa shape index (κ3) is 4.24. The van der Waals surface area contributed by atoms with Gasteiger partial charge in [-0.3, -0.25) is 9.59 Å². The molecule has 2 rings (SSSR count). The van der Waals surface area contributed by atoms with E-state index in [0.717, 1.165) is 0 Å². The first-order valence-electron chi connectivity index (χ1n) is 6.60. The number of carbonyl (C=O) groups is 2. The van der Waals surface area contributed by atoms with Crippen molar-refractivity contribution in [2.45, 2.75) is 12.0 Å². The number of carbonyl (C=O) groups excluding carboxylic acids is 2. The first-order chi connectivity index (χ1) is 10.0. The first-order valence-corrected chi connectivity index (χ1v) is 6.60. The van der Waals surface area contributed by atoms with Crippen molar-refractivity contribution in [1.29, 1.82) is 0 Å². The van der Waals surface area contributed by atoms with Crippen molar-refractivity contribution in [2.24, 2.45) is 0 Å². The van der Waals surface area contributed by atoms with Crippen molar-refractivity contribution in [3.63, 3.8) is 0 Å². The Morgan fingerprint density at radius 1 is 1.33 bits per heavy atom. The van der Waals surface area contributed by atoms with Crippen LogP contribution in [0, 0.1) is 5.82 Å². The summed E-state index contributed by atoms with van der Waals surface area (Å²) in [5.41, 5.74) is -1.17. The van der Waals surface area contributed by atoms with E-state index < -0.39 is 23.2 Å². The number of rotatable bonds is 5. The van der Waals surface area contributed by atoms with E-state index in [9.17, 15) is 19.1 Å². The molecule has 0 radical (unpaired) electrons. The van der Waals surface area contributed by atoms with Crippen LogP contribution in [0.3, 0.4) is 0 Å². The zero-order valence-electron chi connectivity index (χ0n) is 11.4. The Hall–Kier alpha value is -1.99. The van der Waals surface area contributed by atoms with E-state index in [2.05, 4.69) is 10.6 Å². The molecule has 1 aliphatic heterocycles. The summed E-state index contributed by atoms with van der Waals surface area (Å²) in [6.07, 6.45) is 0.453. The number of ether oxygens (including phenoxy) is 1. The number of aliphatic hydroxyl groups is 1. The van der Waals surface area contributed by atoms with Gasteiger partial charge in [0.25, 0.3) is 5.91 Å². The molecule has 1 heterocycles. The molecule has 1 aliphatic rings. The van der Waals surface area contributed by atoms with E-state index in [4.69, 9.17) is 4.74 Å². The van der Waals surface area contributed by atoms with Gasteiger partial charge in [0.1, 0.15) is 11.4 Å². The largest absolute Gasteiger partial charge is 0.386 e. The number of hydrogen-bond donors (Lipinski definition) is 3. The van der Waals surface area contributed by atoms with Gasteiger partial charge in [-0.25, -0.2) is 4.39 Å². The van der Waals surface area contributed by atoms with Crippen molar-refractivity contribution in [2.75, 3.05) is 26.3 Å². The van der Waals surface area contributed by atoms with E-state index >= 15 is 0 Å². The molecule has 1 aromatic rings. The number of nitrogens with one attached hydrogen (secondary N) is 2. The summed E-state index contributed by atoms with van der Waals surface area (Å²) >= 11 is 0. The Kier molecular flexibility index (Phi) is 4.87.